The van der Waals surface area contributed by atoms with Crippen molar-refractivity contribution in [3.63, 3.8) is 0 Å². The number of nitrogens with one attached hydrogen (secondary N) is 1. The van der Waals surface area contributed by atoms with Gasteiger partial charge in [-0.3, -0.25) is 4.79 Å². The normalized spacial score (nSPS) is 14.0. The molecule has 0 aliphatic rings. The Morgan fingerprint density at radius 3 is 2.78 bits per heavy atom. The van der Waals surface area contributed by atoms with Crippen molar-refractivity contribution in [3.05, 3.63) is 34.9 Å². The van der Waals surface area contributed by atoms with Gasteiger partial charge >= 0.3 is 0 Å². The summed E-state index contributed by atoms with van der Waals surface area (Å²) < 4.78 is 5.53. The quantitative estimate of drug-likeness (QED) is 0.862. The summed E-state index contributed by atoms with van der Waals surface area (Å²) in [6.45, 7) is 4.35. The van der Waals surface area contributed by atoms with Crippen molar-refractivity contribution < 1.29 is 9.53 Å². The zero-order valence-electron chi connectivity index (χ0n) is 11.1. The van der Waals surface area contributed by atoms with E-state index in [1.54, 1.807) is 7.11 Å². The Balaban J connectivity index is 2.76. The second-order valence-electron chi connectivity index (χ2n) is 4.47. The Hall–Kier alpha value is -1.06. The molecule has 0 fully saturated rings. The number of methoxy groups -OCH3 is 1. The molecular formula is C14H20ClNO2. The molecule has 100 valence electrons. The first kappa shape index (κ1) is 15.0. The number of hydrogen-bond acceptors (Lipinski definition) is 2. The molecule has 0 saturated heterocycles. The monoisotopic (exact) mass is 269 g/mol. The van der Waals surface area contributed by atoms with Gasteiger partial charge in [-0.05, 0) is 31.0 Å². The van der Waals surface area contributed by atoms with Crippen molar-refractivity contribution in [2.45, 2.75) is 32.3 Å². The molecule has 0 bridgehead atoms. The van der Waals surface area contributed by atoms with Crippen molar-refractivity contribution in [1.82, 2.24) is 5.32 Å². The largest absolute Gasteiger partial charge is 0.372 e. The standard InChI is InChI=1S/C14H20ClNO2/c1-4-6-13(17)16-10-14(2,18-3)11-7-5-8-12(15)9-11/h5,7-9H,4,6,10H2,1-3H3,(H,16,17). The first-order chi connectivity index (χ1) is 8.51. The van der Waals surface area contributed by atoms with Crippen LogP contribution in [-0.4, -0.2) is 19.6 Å². The fourth-order valence-corrected chi connectivity index (χ4v) is 1.88. The molecule has 0 heterocycles. The summed E-state index contributed by atoms with van der Waals surface area (Å²) >= 11 is 5.98. The SMILES string of the molecule is CCCC(=O)NCC(C)(OC)c1cccc(Cl)c1. The third kappa shape index (κ3) is 4.00. The van der Waals surface area contributed by atoms with E-state index in [1.807, 2.05) is 38.1 Å². The second kappa shape index (κ2) is 6.76. The zero-order chi connectivity index (χ0) is 13.6. The molecule has 4 heteroatoms. The molecule has 0 radical (unpaired) electrons. The van der Waals surface area contributed by atoms with E-state index in [-0.39, 0.29) is 5.91 Å². The Bertz CT molecular complexity index is 409. The minimum atomic E-state index is -0.561. The van der Waals surface area contributed by atoms with Gasteiger partial charge < -0.3 is 10.1 Å². The van der Waals surface area contributed by atoms with Gasteiger partial charge in [0.15, 0.2) is 0 Å². The number of carbonyl (C=O) groups excluding carboxylic acids is 1. The number of hydrogen-bond donors (Lipinski definition) is 1. The van der Waals surface area contributed by atoms with Crippen molar-refractivity contribution in [3.8, 4) is 0 Å². The number of carbonyl (C=O) groups is 1. The average molecular weight is 270 g/mol. The lowest BCUT2D eigenvalue weighted by Gasteiger charge is -2.29. The van der Waals surface area contributed by atoms with Crippen LogP contribution >= 0.6 is 11.6 Å². The Kier molecular flexibility index (Phi) is 5.63. The van der Waals surface area contributed by atoms with Gasteiger partial charge in [-0.2, -0.15) is 0 Å². The molecular weight excluding hydrogens is 250 g/mol. The lowest BCUT2D eigenvalue weighted by molar-refractivity contribution is -0.122. The molecule has 1 amide bonds. The number of ether oxygens (including phenoxy) is 1. The molecule has 1 atom stereocenters. The van der Waals surface area contributed by atoms with Crippen molar-refractivity contribution in [2.75, 3.05) is 13.7 Å². The van der Waals surface area contributed by atoms with Gasteiger partial charge in [0.25, 0.3) is 0 Å². The molecule has 1 rings (SSSR count). The van der Waals surface area contributed by atoms with Crippen LogP contribution in [0.2, 0.25) is 5.02 Å². The summed E-state index contributed by atoms with van der Waals surface area (Å²) in [4.78, 5) is 11.5. The van der Waals surface area contributed by atoms with Crippen LogP contribution in [-0.2, 0) is 15.1 Å². The van der Waals surface area contributed by atoms with Crippen LogP contribution in [0, 0.1) is 0 Å². The van der Waals surface area contributed by atoms with E-state index in [2.05, 4.69) is 5.32 Å². The highest BCUT2D eigenvalue weighted by atomic mass is 35.5. The topological polar surface area (TPSA) is 38.3 Å². The van der Waals surface area contributed by atoms with Gasteiger partial charge in [0.2, 0.25) is 5.91 Å². The van der Waals surface area contributed by atoms with Crippen LogP contribution in [0.3, 0.4) is 0 Å². The van der Waals surface area contributed by atoms with Crippen LogP contribution in [0.1, 0.15) is 32.3 Å². The van der Waals surface area contributed by atoms with Gasteiger partial charge in [-0.25, -0.2) is 0 Å². The number of halogens is 1. The number of amides is 1. The average Bonchev–Trinajstić information content (AvgIpc) is 2.36. The van der Waals surface area contributed by atoms with Crippen molar-refractivity contribution in [1.29, 1.82) is 0 Å². The van der Waals surface area contributed by atoms with Crippen LogP contribution < -0.4 is 5.32 Å². The molecule has 1 aromatic carbocycles. The fraction of sp³-hybridized carbons (Fsp3) is 0.500. The summed E-state index contributed by atoms with van der Waals surface area (Å²) in [6, 6.07) is 7.50. The molecule has 1 unspecified atom stereocenters. The molecule has 0 aliphatic heterocycles. The minimum absolute atomic E-state index is 0.0443. The Morgan fingerprint density at radius 2 is 2.22 bits per heavy atom. The Morgan fingerprint density at radius 1 is 1.50 bits per heavy atom. The van der Waals surface area contributed by atoms with Crippen LogP contribution in [0.4, 0.5) is 0 Å². The number of benzene rings is 1. The Labute approximate surface area is 113 Å². The molecule has 0 saturated carbocycles. The molecule has 0 aliphatic carbocycles. The molecule has 1 N–H and O–H groups in total. The smallest absolute Gasteiger partial charge is 0.220 e. The van der Waals surface area contributed by atoms with Crippen molar-refractivity contribution >= 4 is 17.5 Å². The minimum Gasteiger partial charge on any atom is -0.372 e. The predicted molar refractivity (Wildman–Crippen MR) is 73.7 cm³/mol. The highest BCUT2D eigenvalue weighted by Gasteiger charge is 2.26. The molecule has 0 aromatic heterocycles. The maximum atomic E-state index is 11.5. The van der Waals surface area contributed by atoms with Crippen molar-refractivity contribution in [2.24, 2.45) is 0 Å². The molecule has 1 aromatic rings. The fourth-order valence-electron chi connectivity index (χ4n) is 1.69. The van der Waals surface area contributed by atoms with E-state index in [9.17, 15) is 4.79 Å². The third-order valence-corrected chi connectivity index (χ3v) is 3.22. The van der Waals surface area contributed by atoms with Crippen LogP contribution in [0.5, 0.6) is 0 Å². The lowest BCUT2D eigenvalue weighted by atomic mass is 9.95. The van der Waals surface area contributed by atoms with E-state index in [4.69, 9.17) is 16.3 Å². The summed E-state index contributed by atoms with van der Waals surface area (Å²) in [5.41, 5.74) is 0.392. The first-order valence-corrected chi connectivity index (χ1v) is 6.47. The van der Waals surface area contributed by atoms with Gasteiger partial charge in [0.1, 0.15) is 5.60 Å². The summed E-state index contributed by atoms with van der Waals surface area (Å²) in [5.74, 6) is 0.0443. The van der Waals surface area contributed by atoms with Gasteiger partial charge in [0.05, 0.1) is 6.54 Å². The highest BCUT2D eigenvalue weighted by Crippen LogP contribution is 2.26. The van der Waals surface area contributed by atoms with E-state index < -0.39 is 5.60 Å². The van der Waals surface area contributed by atoms with Gasteiger partial charge in [-0.15, -0.1) is 0 Å². The van der Waals surface area contributed by atoms with E-state index in [0.717, 1.165) is 12.0 Å². The summed E-state index contributed by atoms with van der Waals surface area (Å²) in [5, 5.41) is 3.55. The maximum Gasteiger partial charge on any atom is 0.220 e. The summed E-state index contributed by atoms with van der Waals surface area (Å²) in [7, 11) is 1.63. The predicted octanol–water partition coefficient (Wildman–Crippen LogP) is 3.12. The lowest BCUT2D eigenvalue weighted by Crippen LogP contribution is -2.40. The highest BCUT2D eigenvalue weighted by molar-refractivity contribution is 6.30. The molecule has 3 nitrogen and oxygen atoms in total. The summed E-state index contributed by atoms with van der Waals surface area (Å²) in [6.07, 6.45) is 1.38. The van der Waals surface area contributed by atoms with Crippen LogP contribution in [0.15, 0.2) is 24.3 Å². The third-order valence-electron chi connectivity index (χ3n) is 2.99. The van der Waals surface area contributed by atoms with E-state index in [0.29, 0.717) is 18.0 Å². The molecule has 0 spiro atoms. The number of rotatable bonds is 6. The van der Waals surface area contributed by atoms with Gasteiger partial charge in [-0.1, -0.05) is 30.7 Å². The molecule has 18 heavy (non-hydrogen) atoms. The van der Waals surface area contributed by atoms with Gasteiger partial charge in [0, 0.05) is 18.6 Å². The van der Waals surface area contributed by atoms with Crippen LogP contribution in [0.25, 0.3) is 0 Å². The second-order valence-corrected chi connectivity index (χ2v) is 4.91. The first-order valence-electron chi connectivity index (χ1n) is 6.09. The van der Waals surface area contributed by atoms with E-state index in [1.165, 1.54) is 0 Å². The zero-order valence-corrected chi connectivity index (χ0v) is 11.9. The van der Waals surface area contributed by atoms with E-state index >= 15 is 0 Å². The maximum absolute atomic E-state index is 11.5.